The van der Waals surface area contributed by atoms with Crippen molar-refractivity contribution in [3.8, 4) is 0 Å². The zero-order chi connectivity index (χ0) is 12.3. The average molecular weight is 242 g/mol. The van der Waals surface area contributed by atoms with Gasteiger partial charge in [-0.15, -0.1) is 0 Å². The van der Waals surface area contributed by atoms with Crippen LogP contribution in [-0.2, 0) is 19.0 Å². The maximum absolute atomic E-state index is 11.9. The summed E-state index contributed by atoms with van der Waals surface area (Å²) >= 11 is 0. The number of ether oxygens (including phenoxy) is 3. The van der Waals surface area contributed by atoms with E-state index in [2.05, 4.69) is 13.8 Å². The molecule has 0 aromatic heterocycles. The van der Waals surface area contributed by atoms with E-state index >= 15 is 0 Å². The highest BCUT2D eigenvalue weighted by molar-refractivity contribution is 5.75. The van der Waals surface area contributed by atoms with Gasteiger partial charge in [-0.2, -0.15) is 0 Å². The fourth-order valence-corrected chi connectivity index (χ4v) is 2.83. The molecule has 1 heterocycles. The lowest BCUT2D eigenvalue weighted by Gasteiger charge is -2.32. The minimum absolute atomic E-state index is 0.0618. The molecule has 1 saturated carbocycles. The van der Waals surface area contributed by atoms with Crippen molar-refractivity contribution < 1.29 is 19.0 Å². The Balaban J connectivity index is 1.80. The molecule has 1 aliphatic carbocycles. The first-order valence-corrected chi connectivity index (χ1v) is 6.55. The minimum Gasteiger partial charge on any atom is -0.460 e. The summed E-state index contributed by atoms with van der Waals surface area (Å²) in [5.74, 6) is 1.02. The third kappa shape index (κ3) is 3.68. The molecule has 0 spiro atoms. The summed E-state index contributed by atoms with van der Waals surface area (Å²) in [6, 6.07) is 0. The number of carbonyl (C=O) groups excluding carboxylic acids is 1. The van der Waals surface area contributed by atoms with Crippen molar-refractivity contribution in [1.82, 2.24) is 0 Å². The van der Waals surface area contributed by atoms with E-state index in [0.717, 1.165) is 12.8 Å². The molecule has 98 valence electrons. The van der Waals surface area contributed by atoms with E-state index in [1.807, 2.05) is 0 Å². The summed E-state index contributed by atoms with van der Waals surface area (Å²) < 4.78 is 16.1. The summed E-state index contributed by atoms with van der Waals surface area (Å²) in [6.07, 6.45) is 2.73. The van der Waals surface area contributed by atoms with Gasteiger partial charge in [-0.05, 0) is 31.1 Å². The van der Waals surface area contributed by atoms with Crippen LogP contribution in [0.3, 0.4) is 0 Å². The zero-order valence-electron chi connectivity index (χ0n) is 10.7. The number of carbonyl (C=O) groups is 1. The molecule has 1 saturated heterocycles. The third-order valence-electron chi connectivity index (χ3n) is 3.50. The molecular formula is C13H22O4. The second-order valence-corrected chi connectivity index (χ2v) is 5.41. The summed E-state index contributed by atoms with van der Waals surface area (Å²) in [6.45, 7) is 5.82. The first-order valence-electron chi connectivity index (χ1n) is 6.55. The van der Waals surface area contributed by atoms with Crippen molar-refractivity contribution >= 4 is 5.97 Å². The lowest BCUT2D eigenvalue weighted by Crippen LogP contribution is -2.39. The molecule has 0 N–H and O–H groups in total. The van der Waals surface area contributed by atoms with Gasteiger partial charge in [0.15, 0.2) is 6.10 Å². The Morgan fingerprint density at radius 3 is 2.41 bits per heavy atom. The van der Waals surface area contributed by atoms with Crippen LogP contribution in [0.25, 0.3) is 0 Å². The van der Waals surface area contributed by atoms with Crippen molar-refractivity contribution in [2.45, 2.75) is 45.3 Å². The molecule has 2 fully saturated rings. The van der Waals surface area contributed by atoms with Crippen molar-refractivity contribution in [2.75, 3.05) is 19.8 Å². The second kappa shape index (κ2) is 5.83. The second-order valence-electron chi connectivity index (χ2n) is 5.41. The Morgan fingerprint density at radius 1 is 1.12 bits per heavy atom. The SMILES string of the molecule is C[C@H]1CC(OC(=O)[C@H]2COCCO2)C[C@H](C)C1. The van der Waals surface area contributed by atoms with E-state index in [4.69, 9.17) is 14.2 Å². The molecule has 1 aliphatic heterocycles. The van der Waals surface area contributed by atoms with Crippen LogP contribution in [0.2, 0.25) is 0 Å². The fraction of sp³-hybridized carbons (Fsp3) is 0.923. The molecule has 4 nitrogen and oxygen atoms in total. The monoisotopic (exact) mass is 242 g/mol. The van der Waals surface area contributed by atoms with E-state index < -0.39 is 6.10 Å². The number of rotatable bonds is 2. The van der Waals surface area contributed by atoms with E-state index in [-0.39, 0.29) is 12.1 Å². The van der Waals surface area contributed by atoms with Crippen molar-refractivity contribution in [3.63, 3.8) is 0 Å². The van der Waals surface area contributed by atoms with Crippen molar-refractivity contribution in [1.29, 1.82) is 0 Å². The van der Waals surface area contributed by atoms with Gasteiger partial charge >= 0.3 is 5.97 Å². The molecular weight excluding hydrogens is 220 g/mol. The van der Waals surface area contributed by atoms with Crippen LogP contribution in [0, 0.1) is 11.8 Å². The molecule has 0 aromatic rings. The van der Waals surface area contributed by atoms with Crippen LogP contribution in [0.4, 0.5) is 0 Å². The Labute approximate surface area is 103 Å². The van der Waals surface area contributed by atoms with Gasteiger partial charge in [-0.3, -0.25) is 0 Å². The first-order chi connectivity index (χ1) is 8.15. The van der Waals surface area contributed by atoms with Gasteiger partial charge in [-0.1, -0.05) is 13.8 Å². The van der Waals surface area contributed by atoms with E-state index in [1.54, 1.807) is 0 Å². The average Bonchev–Trinajstić information content (AvgIpc) is 2.28. The highest BCUT2D eigenvalue weighted by Crippen LogP contribution is 2.30. The lowest BCUT2D eigenvalue weighted by atomic mass is 9.82. The maximum atomic E-state index is 11.9. The zero-order valence-corrected chi connectivity index (χ0v) is 10.7. The topological polar surface area (TPSA) is 44.8 Å². The standard InChI is InChI=1S/C13H22O4/c1-9-5-10(2)7-11(6-9)17-13(14)12-8-15-3-4-16-12/h9-12H,3-8H2,1-2H3/t9-,10-,12-/m1/s1. The summed E-state index contributed by atoms with van der Waals surface area (Å²) in [4.78, 5) is 11.9. The molecule has 0 aromatic carbocycles. The Bertz CT molecular complexity index is 250. The lowest BCUT2D eigenvalue weighted by molar-refractivity contribution is -0.178. The third-order valence-corrected chi connectivity index (χ3v) is 3.50. The van der Waals surface area contributed by atoms with Crippen molar-refractivity contribution in [2.24, 2.45) is 11.8 Å². The molecule has 4 heteroatoms. The Kier molecular flexibility index (Phi) is 4.40. The van der Waals surface area contributed by atoms with Crippen LogP contribution in [0.5, 0.6) is 0 Å². The van der Waals surface area contributed by atoms with E-state index in [0.29, 0.717) is 31.7 Å². The number of esters is 1. The smallest absolute Gasteiger partial charge is 0.337 e. The van der Waals surface area contributed by atoms with Crippen LogP contribution in [-0.4, -0.2) is 38.0 Å². The summed E-state index contributed by atoms with van der Waals surface area (Å²) in [7, 11) is 0. The molecule has 17 heavy (non-hydrogen) atoms. The van der Waals surface area contributed by atoms with Crippen LogP contribution >= 0.6 is 0 Å². The van der Waals surface area contributed by atoms with E-state index in [9.17, 15) is 4.79 Å². The minimum atomic E-state index is -0.517. The largest absolute Gasteiger partial charge is 0.460 e. The van der Waals surface area contributed by atoms with Gasteiger partial charge in [0.05, 0.1) is 19.8 Å². The van der Waals surface area contributed by atoms with Crippen LogP contribution in [0.15, 0.2) is 0 Å². The highest BCUT2D eigenvalue weighted by Gasteiger charge is 2.30. The first kappa shape index (κ1) is 12.8. The summed E-state index contributed by atoms with van der Waals surface area (Å²) in [5, 5.41) is 0. The highest BCUT2D eigenvalue weighted by atomic mass is 16.6. The predicted octanol–water partition coefficient (Wildman–Crippen LogP) is 1.77. The normalized spacial score (nSPS) is 38.7. The quantitative estimate of drug-likeness (QED) is 0.692. The maximum Gasteiger partial charge on any atom is 0.337 e. The fourth-order valence-electron chi connectivity index (χ4n) is 2.83. The Morgan fingerprint density at radius 2 is 1.82 bits per heavy atom. The van der Waals surface area contributed by atoms with E-state index in [1.165, 1.54) is 6.42 Å². The molecule has 0 amide bonds. The van der Waals surface area contributed by atoms with Crippen molar-refractivity contribution in [3.05, 3.63) is 0 Å². The summed E-state index contributed by atoms with van der Waals surface area (Å²) in [5.41, 5.74) is 0. The van der Waals surface area contributed by atoms with Gasteiger partial charge in [0.2, 0.25) is 0 Å². The molecule has 0 unspecified atom stereocenters. The molecule has 0 radical (unpaired) electrons. The number of hydrogen-bond donors (Lipinski definition) is 0. The van der Waals surface area contributed by atoms with Gasteiger partial charge in [0, 0.05) is 0 Å². The van der Waals surface area contributed by atoms with Gasteiger partial charge < -0.3 is 14.2 Å². The number of hydrogen-bond acceptors (Lipinski definition) is 4. The Hall–Kier alpha value is -0.610. The van der Waals surface area contributed by atoms with Crippen LogP contribution in [0.1, 0.15) is 33.1 Å². The van der Waals surface area contributed by atoms with Crippen LogP contribution < -0.4 is 0 Å². The van der Waals surface area contributed by atoms with Gasteiger partial charge in [0.25, 0.3) is 0 Å². The molecule has 0 bridgehead atoms. The van der Waals surface area contributed by atoms with Gasteiger partial charge in [0.1, 0.15) is 6.10 Å². The molecule has 2 aliphatic rings. The van der Waals surface area contributed by atoms with Gasteiger partial charge in [-0.25, -0.2) is 4.79 Å². The molecule has 2 rings (SSSR count). The molecule has 3 atom stereocenters. The predicted molar refractivity (Wildman–Crippen MR) is 62.6 cm³/mol.